The van der Waals surface area contributed by atoms with Crippen LogP contribution in [0.2, 0.25) is 0 Å². The first kappa shape index (κ1) is 13.7. The summed E-state index contributed by atoms with van der Waals surface area (Å²) in [7, 11) is 0. The molecular formula is C15H20BrN3O. The Labute approximate surface area is 126 Å². The molecule has 2 unspecified atom stereocenters. The maximum absolute atomic E-state index is 11.4. The van der Waals surface area contributed by atoms with Gasteiger partial charge in [-0.1, -0.05) is 20.3 Å². The van der Waals surface area contributed by atoms with Gasteiger partial charge in [-0.3, -0.25) is 0 Å². The van der Waals surface area contributed by atoms with Gasteiger partial charge in [-0.15, -0.1) is 0 Å². The summed E-state index contributed by atoms with van der Waals surface area (Å²) in [5.74, 6) is 1.35. The molecule has 1 fully saturated rings. The first-order chi connectivity index (χ1) is 9.54. The van der Waals surface area contributed by atoms with Crippen LogP contribution >= 0.6 is 15.9 Å². The molecule has 5 heteroatoms. The van der Waals surface area contributed by atoms with E-state index in [0.29, 0.717) is 17.9 Å². The molecule has 0 saturated heterocycles. The van der Waals surface area contributed by atoms with Crippen LogP contribution in [-0.2, 0) is 0 Å². The van der Waals surface area contributed by atoms with Crippen molar-refractivity contribution in [3.05, 3.63) is 27.1 Å². The van der Waals surface area contributed by atoms with Gasteiger partial charge in [0.2, 0.25) is 0 Å². The molecule has 20 heavy (non-hydrogen) atoms. The highest BCUT2D eigenvalue weighted by Gasteiger charge is 2.28. The molecule has 1 aromatic carbocycles. The van der Waals surface area contributed by atoms with Crippen molar-refractivity contribution in [3.63, 3.8) is 0 Å². The minimum absolute atomic E-state index is 0.163. The molecule has 2 aromatic rings. The van der Waals surface area contributed by atoms with Gasteiger partial charge in [0.25, 0.3) is 0 Å². The van der Waals surface area contributed by atoms with Crippen LogP contribution in [0.3, 0.4) is 0 Å². The van der Waals surface area contributed by atoms with Crippen molar-refractivity contribution in [1.82, 2.24) is 9.97 Å². The van der Waals surface area contributed by atoms with Crippen molar-refractivity contribution >= 4 is 32.7 Å². The van der Waals surface area contributed by atoms with Crippen molar-refractivity contribution in [2.45, 2.75) is 39.2 Å². The minimum atomic E-state index is -0.163. The molecular weight excluding hydrogens is 318 g/mol. The fourth-order valence-electron chi connectivity index (χ4n) is 3.31. The quantitative estimate of drug-likeness (QED) is 0.779. The summed E-state index contributed by atoms with van der Waals surface area (Å²) in [6.07, 6.45) is 3.89. The van der Waals surface area contributed by atoms with E-state index in [4.69, 9.17) is 0 Å². The third kappa shape index (κ3) is 2.51. The van der Waals surface area contributed by atoms with E-state index < -0.39 is 0 Å². The van der Waals surface area contributed by atoms with Crippen LogP contribution in [0.5, 0.6) is 0 Å². The number of halogens is 1. The van der Waals surface area contributed by atoms with E-state index in [1.54, 1.807) is 0 Å². The van der Waals surface area contributed by atoms with Crippen LogP contribution < -0.4 is 11.0 Å². The number of H-pyrrole nitrogens is 2. The zero-order chi connectivity index (χ0) is 14.3. The topological polar surface area (TPSA) is 60.7 Å². The Morgan fingerprint density at radius 2 is 1.75 bits per heavy atom. The lowest BCUT2D eigenvalue weighted by Crippen LogP contribution is -2.37. The monoisotopic (exact) mass is 337 g/mol. The van der Waals surface area contributed by atoms with Crippen molar-refractivity contribution < 1.29 is 0 Å². The Bertz CT molecular complexity index is 665. The number of nitrogens with one attached hydrogen (secondary N) is 3. The number of aromatic nitrogens is 2. The number of hydrogen-bond donors (Lipinski definition) is 3. The van der Waals surface area contributed by atoms with Crippen LogP contribution in [0.15, 0.2) is 21.4 Å². The van der Waals surface area contributed by atoms with E-state index >= 15 is 0 Å². The number of rotatable bonds is 2. The largest absolute Gasteiger partial charge is 0.381 e. The lowest BCUT2D eigenvalue weighted by molar-refractivity contribution is 0.268. The molecule has 4 nitrogen and oxygen atoms in total. The maximum Gasteiger partial charge on any atom is 0.323 e. The number of hydrogen-bond acceptors (Lipinski definition) is 2. The number of fused-ring (bicyclic) bond motifs is 1. The highest BCUT2D eigenvalue weighted by atomic mass is 79.9. The molecule has 1 saturated carbocycles. The van der Waals surface area contributed by atoms with Crippen molar-refractivity contribution in [2.24, 2.45) is 11.8 Å². The van der Waals surface area contributed by atoms with E-state index in [0.717, 1.165) is 21.2 Å². The fraction of sp³-hybridized carbons (Fsp3) is 0.533. The Hall–Kier alpha value is -1.23. The number of aromatic amines is 2. The Morgan fingerprint density at radius 1 is 1.15 bits per heavy atom. The Morgan fingerprint density at radius 3 is 2.40 bits per heavy atom. The van der Waals surface area contributed by atoms with Gasteiger partial charge in [0.1, 0.15) is 0 Å². The zero-order valence-electron chi connectivity index (χ0n) is 11.8. The van der Waals surface area contributed by atoms with E-state index in [-0.39, 0.29) is 5.69 Å². The van der Waals surface area contributed by atoms with Gasteiger partial charge >= 0.3 is 5.69 Å². The van der Waals surface area contributed by atoms with Crippen LogP contribution in [0.25, 0.3) is 11.0 Å². The summed E-state index contributed by atoms with van der Waals surface area (Å²) in [6.45, 7) is 4.63. The van der Waals surface area contributed by atoms with Gasteiger partial charge in [-0.2, -0.15) is 0 Å². The van der Waals surface area contributed by atoms with Crippen molar-refractivity contribution in [3.8, 4) is 0 Å². The molecule has 108 valence electrons. The van der Waals surface area contributed by atoms with Crippen molar-refractivity contribution in [1.29, 1.82) is 0 Å². The van der Waals surface area contributed by atoms with E-state index in [1.165, 1.54) is 19.3 Å². The highest BCUT2D eigenvalue weighted by Crippen LogP contribution is 2.34. The lowest BCUT2D eigenvalue weighted by Gasteiger charge is -2.36. The molecule has 0 bridgehead atoms. The fourth-order valence-corrected chi connectivity index (χ4v) is 3.77. The van der Waals surface area contributed by atoms with Gasteiger partial charge in [-0.25, -0.2) is 4.79 Å². The predicted molar refractivity (Wildman–Crippen MR) is 86.2 cm³/mol. The Kier molecular flexibility index (Phi) is 3.63. The summed E-state index contributed by atoms with van der Waals surface area (Å²) in [6, 6.07) is 4.45. The summed E-state index contributed by atoms with van der Waals surface area (Å²) in [5, 5.41) is 3.67. The second-order valence-corrected chi connectivity index (χ2v) is 6.87. The first-order valence-corrected chi connectivity index (χ1v) is 8.02. The van der Waals surface area contributed by atoms with Gasteiger partial charge in [0.05, 0.1) is 16.7 Å². The molecule has 0 radical (unpaired) electrons. The first-order valence-electron chi connectivity index (χ1n) is 7.22. The summed E-state index contributed by atoms with van der Waals surface area (Å²) >= 11 is 3.59. The highest BCUT2D eigenvalue weighted by molar-refractivity contribution is 9.10. The molecule has 1 aromatic heterocycles. The molecule has 3 rings (SSSR count). The number of anilines is 1. The van der Waals surface area contributed by atoms with Crippen LogP contribution in [-0.4, -0.2) is 16.0 Å². The van der Waals surface area contributed by atoms with Crippen LogP contribution in [0, 0.1) is 11.8 Å². The molecule has 0 amide bonds. The van der Waals surface area contributed by atoms with Gasteiger partial charge in [0, 0.05) is 10.5 Å². The Balaban J connectivity index is 1.93. The predicted octanol–water partition coefficient (Wildman–Crippen LogP) is 3.86. The molecule has 2 atom stereocenters. The van der Waals surface area contributed by atoms with E-state index in [9.17, 15) is 4.79 Å². The standard InChI is InChI=1S/C15H20BrN3O/c1-8-4-3-5-9(2)14(8)17-11-7-13-12(6-10(11)16)18-15(20)19-13/h6-9,14,17H,3-5H2,1-2H3,(H2,18,19,20). The number of imidazole rings is 1. The molecule has 0 aliphatic heterocycles. The summed E-state index contributed by atoms with van der Waals surface area (Å²) in [4.78, 5) is 17.0. The molecule has 0 spiro atoms. The third-order valence-corrected chi connectivity index (χ3v) is 5.13. The van der Waals surface area contributed by atoms with Crippen molar-refractivity contribution in [2.75, 3.05) is 5.32 Å². The normalized spacial score (nSPS) is 26.9. The SMILES string of the molecule is CC1CCCC(C)C1Nc1cc2[nH]c(=O)[nH]c2cc1Br. The molecule has 1 aliphatic carbocycles. The molecule has 3 N–H and O–H groups in total. The smallest absolute Gasteiger partial charge is 0.323 e. The van der Waals surface area contributed by atoms with E-state index in [2.05, 4.69) is 45.1 Å². The average Bonchev–Trinajstić information content (AvgIpc) is 2.73. The minimum Gasteiger partial charge on any atom is -0.381 e. The van der Waals surface area contributed by atoms with Crippen LogP contribution in [0.4, 0.5) is 5.69 Å². The molecule has 1 aliphatic rings. The maximum atomic E-state index is 11.4. The molecule has 1 heterocycles. The van der Waals surface area contributed by atoms with Crippen LogP contribution in [0.1, 0.15) is 33.1 Å². The van der Waals surface area contributed by atoms with Gasteiger partial charge < -0.3 is 15.3 Å². The second-order valence-electron chi connectivity index (χ2n) is 6.01. The van der Waals surface area contributed by atoms with Gasteiger partial charge in [-0.05, 0) is 52.7 Å². The number of benzene rings is 1. The lowest BCUT2D eigenvalue weighted by atomic mass is 9.78. The van der Waals surface area contributed by atoms with E-state index in [1.807, 2.05) is 12.1 Å². The van der Waals surface area contributed by atoms with Gasteiger partial charge in [0.15, 0.2) is 0 Å². The summed E-state index contributed by atoms with van der Waals surface area (Å²) < 4.78 is 0.991. The second kappa shape index (κ2) is 5.28. The zero-order valence-corrected chi connectivity index (χ0v) is 13.4. The average molecular weight is 338 g/mol. The summed E-state index contributed by atoms with van der Waals surface area (Å²) in [5.41, 5.74) is 2.57. The third-order valence-electron chi connectivity index (χ3n) is 4.47.